The van der Waals surface area contributed by atoms with Gasteiger partial charge in [0.15, 0.2) is 52.4 Å². The molecule has 5 aromatic rings. The van der Waals surface area contributed by atoms with Crippen LogP contribution in [0.4, 0.5) is 65.9 Å². The molecule has 0 fully saturated rings. The number of rotatable bonds is 11. The van der Waals surface area contributed by atoms with Gasteiger partial charge in [0.2, 0.25) is 6.35 Å². The van der Waals surface area contributed by atoms with E-state index in [2.05, 4.69) is 0 Å². The Bertz CT molecular complexity index is 1860. The van der Waals surface area contributed by atoms with Crippen molar-refractivity contribution in [2.24, 2.45) is 0 Å². The molecule has 5 aromatic carbocycles. The minimum atomic E-state index is -6.04. The van der Waals surface area contributed by atoms with Crippen LogP contribution in [-0.2, 0) is 4.65 Å². The molecule has 0 unspecified atom stereocenters. The van der Waals surface area contributed by atoms with Crippen LogP contribution in [0.3, 0.4) is 0 Å². The topological polar surface area (TPSA) is 9.23 Å². The summed E-state index contributed by atoms with van der Waals surface area (Å²) in [5.41, 5.74) is -8.38. The third-order valence-corrected chi connectivity index (χ3v) is 10.8. The second kappa shape index (κ2) is 15.2. The van der Waals surface area contributed by atoms with Crippen molar-refractivity contribution >= 4 is 41.3 Å². The highest BCUT2D eigenvalue weighted by Gasteiger charge is 2.49. The molecule has 0 aliphatic rings. The lowest BCUT2D eigenvalue weighted by Crippen LogP contribution is -2.75. The molecule has 0 aliphatic heterocycles. The average Bonchev–Trinajstić information content (AvgIpc) is 3.15. The summed E-state index contributed by atoms with van der Waals surface area (Å²) >= 11 is 0. The highest BCUT2D eigenvalue weighted by atomic mass is 31.1. The molecule has 1 nitrogen and oxygen atoms in total. The quantitative estimate of drug-likeness (QED) is 0.0335. The minimum Gasteiger partial charge on any atom is -0.579 e. The van der Waals surface area contributed by atoms with Crippen LogP contribution < -0.4 is 27.0 Å². The van der Waals surface area contributed by atoms with Crippen LogP contribution >= 0.6 is 7.92 Å². The Morgan fingerprint density at radius 1 is 0.365 bits per heavy atom. The number of unbranched alkanes of at least 4 members (excludes halogenated alkanes) is 1. The molecule has 0 atom stereocenters. The van der Waals surface area contributed by atoms with Crippen molar-refractivity contribution in [1.82, 2.24) is 0 Å². The lowest BCUT2D eigenvalue weighted by Gasteiger charge is -2.44. The summed E-state index contributed by atoms with van der Waals surface area (Å²) in [6.07, 6.45) is -6.43. The lowest BCUT2D eigenvalue weighted by molar-refractivity contribution is 0.304. The standard InChI is InChI=1S/C34H18BF15OP/c36-20-17(21(37)27(43)32(48)26(20)42)35(18-22(38)28(44)33(49)29(45)23(18)39,19-24(40)30(46)34(50)31(47)25(19)41)51-13-7-8-14-52(15-9-3-1-4-10-15)16-11-5-2-6-12-16/h1-6,9-12H,7-8,13-14H2/q-1. The van der Waals surface area contributed by atoms with Crippen molar-refractivity contribution in [2.75, 3.05) is 12.8 Å². The molecule has 0 saturated carbocycles. The average molecular weight is 769 g/mol. The van der Waals surface area contributed by atoms with Crippen LogP contribution in [0.1, 0.15) is 12.8 Å². The first-order valence-corrected chi connectivity index (χ1v) is 16.3. The maximum absolute atomic E-state index is 15.6. The summed E-state index contributed by atoms with van der Waals surface area (Å²) in [4.78, 5) is 0. The van der Waals surface area contributed by atoms with Crippen LogP contribution in [-0.4, -0.2) is 19.1 Å². The van der Waals surface area contributed by atoms with Gasteiger partial charge in [-0.15, -0.1) is 0 Å². The third kappa shape index (κ3) is 6.42. The monoisotopic (exact) mass is 769 g/mol. The number of benzene rings is 5. The molecule has 18 heteroatoms. The van der Waals surface area contributed by atoms with Gasteiger partial charge in [0.05, 0.1) is 0 Å². The zero-order valence-electron chi connectivity index (χ0n) is 25.7. The SMILES string of the molecule is Fc1c(F)c(F)c([B-](OCCCCP(c2ccccc2)c2ccccc2)(c2c(F)c(F)c(F)c(F)c2F)c2c(F)c(F)c(F)c(F)c2F)c(F)c1F. The Labute approximate surface area is 285 Å². The summed E-state index contributed by atoms with van der Waals surface area (Å²) in [7, 11) is -1.23. The summed E-state index contributed by atoms with van der Waals surface area (Å²) in [5, 5.41) is 1.60. The molecule has 0 amide bonds. The second-order valence-electron chi connectivity index (χ2n) is 11.1. The zero-order chi connectivity index (χ0) is 38.2. The minimum absolute atomic E-state index is 0.0764. The number of hydrogen-bond donors (Lipinski definition) is 0. The normalized spacial score (nSPS) is 11.9. The molecule has 0 aromatic heterocycles. The molecule has 0 bridgehead atoms. The maximum Gasteiger partial charge on any atom is 0.216 e. The van der Waals surface area contributed by atoms with E-state index in [1.807, 2.05) is 0 Å². The van der Waals surface area contributed by atoms with Crippen molar-refractivity contribution in [1.29, 1.82) is 0 Å². The van der Waals surface area contributed by atoms with Gasteiger partial charge in [-0.2, -0.15) is 0 Å². The first-order valence-electron chi connectivity index (χ1n) is 14.8. The van der Waals surface area contributed by atoms with Crippen molar-refractivity contribution in [3.8, 4) is 0 Å². The fourth-order valence-electron chi connectivity index (χ4n) is 5.87. The molecule has 0 saturated heterocycles. The fraction of sp³-hybridized carbons (Fsp3) is 0.118. The molecule has 0 aliphatic carbocycles. The smallest absolute Gasteiger partial charge is 0.216 e. The molecular formula is C34H18BF15OP-. The molecule has 5 rings (SSSR count). The van der Waals surface area contributed by atoms with E-state index in [1.165, 1.54) is 0 Å². The van der Waals surface area contributed by atoms with Gasteiger partial charge in [0.1, 0.15) is 34.9 Å². The van der Waals surface area contributed by atoms with E-state index >= 15 is 26.3 Å². The van der Waals surface area contributed by atoms with Gasteiger partial charge in [-0.25, -0.2) is 65.9 Å². The number of hydrogen-bond acceptors (Lipinski definition) is 1. The van der Waals surface area contributed by atoms with Gasteiger partial charge in [-0.1, -0.05) is 77.1 Å². The lowest BCUT2D eigenvalue weighted by atomic mass is 9.27. The van der Waals surface area contributed by atoms with Gasteiger partial charge < -0.3 is 4.65 Å². The largest absolute Gasteiger partial charge is 0.579 e. The first-order chi connectivity index (χ1) is 24.6. The molecule has 0 spiro atoms. The Morgan fingerprint density at radius 3 is 0.923 bits per heavy atom. The molecule has 274 valence electrons. The van der Waals surface area contributed by atoms with E-state index in [1.54, 1.807) is 60.7 Å². The summed E-state index contributed by atoms with van der Waals surface area (Å²) in [6.45, 7) is -1.31. The molecule has 0 radical (unpaired) electrons. The van der Waals surface area contributed by atoms with E-state index in [-0.39, 0.29) is 12.6 Å². The van der Waals surface area contributed by atoms with Gasteiger partial charge in [0.25, 0.3) is 0 Å². The van der Waals surface area contributed by atoms with Crippen molar-refractivity contribution in [3.05, 3.63) is 148 Å². The predicted molar refractivity (Wildman–Crippen MR) is 162 cm³/mol. The van der Waals surface area contributed by atoms with Crippen molar-refractivity contribution in [3.63, 3.8) is 0 Å². The summed E-state index contributed by atoms with van der Waals surface area (Å²) < 4.78 is 229. The Balaban J connectivity index is 1.77. The fourth-order valence-corrected chi connectivity index (χ4v) is 8.29. The van der Waals surface area contributed by atoms with Gasteiger partial charge in [-0.05, 0) is 37.5 Å². The van der Waals surface area contributed by atoms with Crippen LogP contribution in [0, 0.1) is 87.3 Å². The molecular weight excluding hydrogens is 751 g/mol. The Hall–Kier alpha value is -4.50. The van der Waals surface area contributed by atoms with Crippen molar-refractivity contribution < 1.29 is 70.5 Å². The number of halogens is 15. The third-order valence-electron chi connectivity index (χ3n) is 8.23. The van der Waals surface area contributed by atoms with Gasteiger partial charge in [-0.3, -0.25) is 0 Å². The zero-order valence-corrected chi connectivity index (χ0v) is 26.6. The highest BCUT2D eigenvalue weighted by Crippen LogP contribution is 2.35. The van der Waals surface area contributed by atoms with E-state index in [4.69, 9.17) is 4.65 Å². The maximum atomic E-state index is 15.6. The Kier molecular flexibility index (Phi) is 11.3. The van der Waals surface area contributed by atoms with Crippen molar-refractivity contribution in [2.45, 2.75) is 12.8 Å². The summed E-state index contributed by atoms with van der Waals surface area (Å²) in [6, 6.07) is 17.3. The first kappa shape index (κ1) is 38.7. The van der Waals surface area contributed by atoms with Gasteiger partial charge in [0, 0.05) is 6.61 Å². The summed E-state index contributed by atoms with van der Waals surface area (Å²) in [5.74, 6) is -46.1. The second-order valence-corrected chi connectivity index (χ2v) is 13.5. The van der Waals surface area contributed by atoms with E-state index in [9.17, 15) is 39.5 Å². The van der Waals surface area contributed by atoms with Gasteiger partial charge >= 0.3 is 0 Å². The van der Waals surface area contributed by atoms with Crippen LogP contribution in [0.2, 0.25) is 0 Å². The Morgan fingerprint density at radius 2 is 0.635 bits per heavy atom. The van der Waals surface area contributed by atoms with E-state index in [0.717, 1.165) is 10.6 Å². The van der Waals surface area contributed by atoms with Crippen LogP contribution in [0.15, 0.2) is 60.7 Å². The molecule has 52 heavy (non-hydrogen) atoms. The van der Waals surface area contributed by atoms with E-state index in [0.29, 0.717) is 0 Å². The highest BCUT2D eigenvalue weighted by molar-refractivity contribution is 7.73. The molecule has 0 N–H and O–H groups in total. The molecule has 0 heterocycles. The van der Waals surface area contributed by atoms with Crippen LogP contribution in [0.25, 0.3) is 0 Å². The van der Waals surface area contributed by atoms with E-state index < -0.39 is 131 Å². The van der Waals surface area contributed by atoms with Crippen LogP contribution in [0.5, 0.6) is 0 Å². The predicted octanol–water partition coefficient (Wildman–Crippen LogP) is 7.67.